The van der Waals surface area contributed by atoms with Gasteiger partial charge in [-0.15, -0.1) is 0 Å². The zero-order chi connectivity index (χ0) is 41.0. The fourth-order valence-corrected chi connectivity index (χ4v) is 12.6. The van der Waals surface area contributed by atoms with E-state index in [-0.39, 0.29) is 0 Å². The Balaban J connectivity index is 0.000000348. The quantitative estimate of drug-likeness (QED) is 0.122. The summed E-state index contributed by atoms with van der Waals surface area (Å²) in [4.78, 5) is 13.1. The Hall–Kier alpha value is -2.22. The van der Waals surface area contributed by atoms with Gasteiger partial charge in [0.15, 0.2) is 0 Å². The van der Waals surface area contributed by atoms with Gasteiger partial charge in [-0.2, -0.15) is 0 Å². The van der Waals surface area contributed by atoms with Crippen LogP contribution in [0.2, 0.25) is 0 Å². The van der Waals surface area contributed by atoms with E-state index in [1.165, 1.54) is 114 Å². The summed E-state index contributed by atoms with van der Waals surface area (Å²) in [6.45, 7) is 19.8. The highest BCUT2D eigenvalue weighted by molar-refractivity contribution is 5.45. The van der Waals surface area contributed by atoms with Crippen LogP contribution in [0.25, 0.3) is 0 Å². The van der Waals surface area contributed by atoms with Crippen molar-refractivity contribution in [2.75, 3.05) is 57.5 Å². The molecule has 0 bridgehead atoms. The fourth-order valence-electron chi connectivity index (χ4n) is 12.6. The Kier molecular flexibility index (Phi) is 17.6. The first kappa shape index (κ1) is 45.9. The van der Waals surface area contributed by atoms with Crippen molar-refractivity contribution in [2.45, 2.75) is 157 Å². The van der Waals surface area contributed by atoms with E-state index in [9.17, 15) is 0 Å². The largest absolute Gasteiger partial charge is 0.385 e. The molecule has 7 heteroatoms. The van der Waals surface area contributed by atoms with Gasteiger partial charge in [0.05, 0.1) is 5.69 Å². The Morgan fingerprint density at radius 1 is 0.825 bits per heavy atom. The molecule has 6 rings (SSSR count). The minimum Gasteiger partial charge on any atom is -0.385 e. The van der Waals surface area contributed by atoms with E-state index in [1.807, 2.05) is 32.6 Å². The average molecular weight is 786 g/mol. The van der Waals surface area contributed by atoms with Gasteiger partial charge in [0.2, 0.25) is 0 Å². The molecule has 9 atom stereocenters. The summed E-state index contributed by atoms with van der Waals surface area (Å²) < 4.78 is 0. The molecule has 57 heavy (non-hydrogen) atoms. The molecule has 2 aromatic heterocycles. The van der Waals surface area contributed by atoms with E-state index in [0.717, 1.165) is 85.6 Å². The number of hydrogen-bond donors (Lipinski definition) is 3. The number of unbranched alkanes of at least 4 members (excludes halogenated alkanes) is 1. The van der Waals surface area contributed by atoms with Crippen molar-refractivity contribution in [3.05, 3.63) is 48.0 Å². The molecule has 0 aromatic carbocycles. The highest BCUT2D eigenvalue weighted by Crippen LogP contribution is 2.68. The Bertz CT molecular complexity index is 1460. The predicted octanol–water partition coefficient (Wildman–Crippen LogP) is 10.8. The maximum absolute atomic E-state index is 5.49. The predicted molar refractivity (Wildman–Crippen MR) is 245 cm³/mol. The molecule has 4 N–H and O–H groups in total. The lowest BCUT2D eigenvalue weighted by atomic mass is 9.44. The van der Waals surface area contributed by atoms with Crippen LogP contribution in [0.3, 0.4) is 0 Å². The Morgan fingerprint density at radius 3 is 2.32 bits per heavy atom. The second-order valence-electron chi connectivity index (χ2n) is 20.5. The summed E-state index contributed by atoms with van der Waals surface area (Å²) in [5.74, 6) is 6.76. The smallest absolute Gasteiger partial charge is 0.0564 e. The van der Waals surface area contributed by atoms with Crippen LogP contribution in [0.1, 0.15) is 149 Å². The third-order valence-electron chi connectivity index (χ3n) is 15.8. The first-order valence-electron chi connectivity index (χ1n) is 23.8. The van der Waals surface area contributed by atoms with Gasteiger partial charge in [-0.25, -0.2) is 0 Å². The average Bonchev–Trinajstić information content (AvgIpc) is 3.54. The summed E-state index contributed by atoms with van der Waals surface area (Å²) in [6, 6.07) is 9.20. The van der Waals surface area contributed by atoms with Gasteiger partial charge in [-0.3, -0.25) is 14.9 Å². The van der Waals surface area contributed by atoms with Gasteiger partial charge in [-0.1, -0.05) is 67.2 Å². The van der Waals surface area contributed by atoms with Gasteiger partial charge in [0, 0.05) is 75.8 Å². The molecule has 0 amide bonds. The third-order valence-corrected chi connectivity index (χ3v) is 15.8. The molecule has 0 radical (unpaired) electrons. The minimum absolute atomic E-state index is 0.606. The normalized spacial score (nSPS) is 29.9. The van der Waals surface area contributed by atoms with E-state index < -0.39 is 0 Å². The van der Waals surface area contributed by atoms with Crippen LogP contribution in [0.4, 0.5) is 11.4 Å². The molecule has 2 heterocycles. The van der Waals surface area contributed by atoms with Crippen molar-refractivity contribution in [2.24, 2.45) is 58.0 Å². The number of fused-ring (bicyclic) bond motifs is 5. The summed E-state index contributed by atoms with van der Waals surface area (Å²) in [5, 5.41) is 7.64. The highest BCUT2D eigenvalue weighted by Gasteiger charge is 2.60. The number of rotatable bonds is 19. The highest BCUT2D eigenvalue weighted by atomic mass is 15.1. The number of anilines is 2. The zero-order valence-corrected chi connectivity index (χ0v) is 38.3. The van der Waals surface area contributed by atoms with Crippen molar-refractivity contribution < 1.29 is 0 Å². The molecule has 1 unspecified atom stereocenters. The zero-order valence-electron chi connectivity index (χ0n) is 38.3. The summed E-state index contributed by atoms with van der Waals surface area (Å²) in [6.07, 6.45) is 26.3. The number of nitrogens with zero attached hydrogens (tertiary/aromatic N) is 4. The van der Waals surface area contributed by atoms with Crippen molar-refractivity contribution in [3.63, 3.8) is 0 Å². The summed E-state index contributed by atoms with van der Waals surface area (Å²) in [7, 11) is 6.11. The van der Waals surface area contributed by atoms with Crippen LogP contribution in [-0.2, 0) is 13.0 Å². The molecule has 4 saturated carbocycles. The number of nitrogens with two attached hydrogens (primary N) is 1. The van der Waals surface area contributed by atoms with Gasteiger partial charge < -0.3 is 21.3 Å². The van der Waals surface area contributed by atoms with Crippen LogP contribution in [0.15, 0.2) is 36.7 Å². The lowest BCUT2D eigenvalue weighted by molar-refractivity contribution is -0.118. The number of hydrogen-bond acceptors (Lipinski definition) is 7. The Labute approximate surface area is 350 Å². The standard InChI is InChI=1S/C39H67N3.C11H20N4/c1-7-11-31-27-33(20-25-42-31)41-24-9-8-23-40-32-18-21-38(5)30(26-32)14-15-34-36-17-16-35(29(4)13-10-12-28(2)3)39(36,6)22-19-37(34)38;1-14(2)11-4-6-13-10(8-11)9-15(3)7-5-12/h20,25,27-30,32,34-37,40H,7-19,21-24,26H2,1-6H3,(H,41,42);4,6,8H,5,7,9,12H2,1-3H3/t29-,30?,32-,34+,35-,36+,37+,38+,39-;/m1./s1. The molecular weight excluding hydrogens is 699 g/mol. The molecule has 4 aliphatic rings. The third kappa shape index (κ3) is 12.2. The first-order valence-corrected chi connectivity index (χ1v) is 23.8. The SMILES string of the molecule is CCCc1cc(NCCCCN[C@@H]2CC[C@@]3(C)C(CC[C@H]4[C@@H]5CC[C@H]([C@H](C)CCCC(C)C)[C@@]5(C)CC[C@@H]43)C2)ccn1.CN(CCN)Cc1cc(N(C)C)ccn1. The van der Waals surface area contributed by atoms with E-state index >= 15 is 0 Å². The van der Waals surface area contributed by atoms with Crippen LogP contribution in [0, 0.1) is 52.3 Å². The van der Waals surface area contributed by atoms with E-state index in [4.69, 9.17) is 5.73 Å². The minimum atomic E-state index is 0.606. The number of nitrogens with one attached hydrogen (secondary N) is 2. The molecule has 2 aromatic rings. The lowest BCUT2D eigenvalue weighted by Crippen LogP contribution is -2.55. The number of pyridine rings is 2. The van der Waals surface area contributed by atoms with Crippen molar-refractivity contribution in [1.82, 2.24) is 20.2 Å². The van der Waals surface area contributed by atoms with E-state index in [2.05, 4.69) is 97.2 Å². The summed E-state index contributed by atoms with van der Waals surface area (Å²) >= 11 is 0. The van der Waals surface area contributed by atoms with Gasteiger partial charge in [0.25, 0.3) is 0 Å². The topological polar surface area (TPSA) is 82.3 Å². The molecule has 4 fully saturated rings. The number of aryl methyl sites for hydroxylation is 1. The monoisotopic (exact) mass is 786 g/mol. The fraction of sp³-hybridized carbons (Fsp3) is 0.800. The van der Waals surface area contributed by atoms with Gasteiger partial charge in [0.1, 0.15) is 0 Å². The molecule has 0 spiro atoms. The molecular formula is C50H87N7. The second kappa shape index (κ2) is 21.9. The lowest BCUT2D eigenvalue weighted by Gasteiger charge is -2.61. The van der Waals surface area contributed by atoms with Crippen LogP contribution < -0.4 is 21.3 Å². The molecule has 4 aliphatic carbocycles. The van der Waals surface area contributed by atoms with Crippen LogP contribution in [0.5, 0.6) is 0 Å². The van der Waals surface area contributed by atoms with E-state index in [0.29, 0.717) is 17.4 Å². The van der Waals surface area contributed by atoms with Crippen molar-refractivity contribution >= 4 is 11.4 Å². The van der Waals surface area contributed by atoms with Crippen LogP contribution in [-0.4, -0.2) is 68.2 Å². The number of aromatic nitrogens is 2. The molecule has 322 valence electrons. The Morgan fingerprint density at radius 2 is 1.56 bits per heavy atom. The maximum atomic E-state index is 5.49. The van der Waals surface area contributed by atoms with Crippen molar-refractivity contribution in [1.29, 1.82) is 0 Å². The second-order valence-corrected chi connectivity index (χ2v) is 20.5. The van der Waals surface area contributed by atoms with Crippen molar-refractivity contribution in [3.8, 4) is 0 Å². The summed E-state index contributed by atoms with van der Waals surface area (Å²) in [5.41, 5.74) is 11.4. The van der Waals surface area contributed by atoms with Gasteiger partial charge in [-0.05, 0) is 167 Å². The first-order chi connectivity index (χ1) is 27.4. The molecule has 0 saturated heterocycles. The van der Waals surface area contributed by atoms with Crippen LogP contribution >= 0.6 is 0 Å². The maximum Gasteiger partial charge on any atom is 0.0564 e. The van der Waals surface area contributed by atoms with Gasteiger partial charge >= 0.3 is 0 Å². The molecule has 7 nitrogen and oxygen atoms in total. The molecule has 0 aliphatic heterocycles. The van der Waals surface area contributed by atoms with E-state index in [1.54, 1.807) is 0 Å². The number of likely N-dealkylation sites (N-methyl/N-ethyl adjacent to an activating group) is 1.